The average molecular weight is 562 g/mol. The van der Waals surface area contributed by atoms with Gasteiger partial charge >= 0.3 is 0 Å². The summed E-state index contributed by atoms with van der Waals surface area (Å²) >= 11 is 4.76. The predicted molar refractivity (Wildman–Crippen MR) is 157 cm³/mol. The van der Waals surface area contributed by atoms with Crippen molar-refractivity contribution in [2.24, 2.45) is 30.7 Å². The van der Waals surface area contributed by atoms with Crippen LogP contribution in [0.25, 0.3) is 0 Å². The highest BCUT2D eigenvalue weighted by Crippen LogP contribution is 2.36. The first kappa shape index (κ1) is 26.3. The third kappa shape index (κ3) is 6.74. The first-order valence-corrected chi connectivity index (χ1v) is 15.0. The standard InChI is InChI=1S/C26H27N9S3/c1-4-36-26-34-33-25(38-26)32-30-22-10-7-19(15-18(22)3)27-29-21-9-8-20(16-17(21)2)28-31-23-11-12-24(37-23)35-13-5-6-14-35/h7-12,15-16H,4-6,13-14H2,1-3H3/b29-27+,31-28+,32-30+. The first-order chi connectivity index (χ1) is 18.6. The van der Waals surface area contributed by atoms with Gasteiger partial charge in [-0.15, -0.1) is 30.7 Å². The van der Waals surface area contributed by atoms with Gasteiger partial charge in [0.05, 0.1) is 27.8 Å². The van der Waals surface area contributed by atoms with E-state index < -0.39 is 0 Å². The molecule has 0 spiro atoms. The number of thiophene rings is 1. The zero-order chi connectivity index (χ0) is 26.3. The lowest BCUT2D eigenvalue weighted by Gasteiger charge is -2.13. The number of azo groups is 3. The molecule has 0 amide bonds. The van der Waals surface area contributed by atoms with Gasteiger partial charge in [0.25, 0.3) is 5.13 Å². The molecule has 1 aliphatic heterocycles. The predicted octanol–water partition coefficient (Wildman–Crippen LogP) is 10.2. The van der Waals surface area contributed by atoms with Crippen LogP contribution in [0.4, 0.5) is 37.9 Å². The number of benzene rings is 2. The van der Waals surface area contributed by atoms with E-state index in [1.165, 1.54) is 29.2 Å². The highest BCUT2D eigenvalue weighted by molar-refractivity contribution is 8.01. The molecule has 12 heteroatoms. The molecular formula is C26H27N9S3. The minimum atomic E-state index is 0.546. The fraction of sp³-hybridized carbons (Fsp3) is 0.308. The fourth-order valence-electron chi connectivity index (χ4n) is 3.85. The molecule has 1 aliphatic rings. The van der Waals surface area contributed by atoms with Gasteiger partial charge in [-0.2, -0.15) is 10.2 Å². The second-order valence-electron chi connectivity index (χ2n) is 8.63. The molecule has 4 aromatic rings. The fourth-order valence-corrected chi connectivity index (χ4v) is 6.29. The van der Waals surface area contributed by atoms with Crippen LogP contribution in [0.1, 0.15) is 30.9 Å². The van der Waals surface area contributed by atoms with Gasteiger partial charge < -0.3 is 4.90 Å². The maximum Gasteiger partial charge on any atom is 0.252 e. The average Bonchev–Trinajstić information content (AvgIpc) is 3.69. The molecule has 0 aliphatic carbocycles. The largest absolute Gasteiger partial charge is 0.363 e. The van der Waals surface area contributed by atoms with E-state index in [9.17, 15) is 0 Å². The number of hydrogen-bond acceptors (Lipinski definition) is 12. The summed E-state index contributed by atoms with van der Waals surface area (Å²) in [4.78, 5) is 2.41. The van der Waals surface area contributed by atoms with E-state index in [4.69, 9.17) is 0 Å². The molecule has 0 radical (unpaired) electrons. The normalized spacial score (nSPS) is 14.1. The number of nitrogens with zero attached hydrogens (tertiary/aromatic N) is 9. The summed E-state index contributed by atoms with van der Waals surface area (Å²) in [5, 5.41) is 37.1. The third-order valence-electron chi connectivity index (χ3n) is 5.80. The highest BCUT2D eigenvalue weighted by Gasteiger charge is 2.14. The second kappa shape index (κ2) is 12.5. The quantitative estimate of drug-likeness (QED) is 0.150. The molecule has 2 aromatic carbocycles. The van der Waals surface area contributed by atoms with Gasteiger partial charge in [0.15, 0.2) is 4.34 Å². The molecule has 0 N–H and O–H groups in total. The van der Waals surface area contributed by atoms with Crippen LogP contribution in [0, 0.1) is 13.8 Å². The van der Waals surface area contributed by atoms with Crippen LogP contribution in [-0.4, -0.2) is 29.0 Å². The van der Waals surface area contributed by atoms with Crippen LogP contribution >= 0.6 is 34.4 Å². The first-order valence-electron chi connectivity index (χ1n) is 12.3. The van der Waals surface area contributed by atoms with E-state index in [2.05, 4.69) is 58.8 Å². The minimum absolute atomic E-state index is 0.546. The Morgan fingerprint density at radius 3 is 2.08 bits per heavy atom. The van der Waals surface area contributed by atoms with Crippen molar-refractivity contribution in [2.45, 2.75) is 38.0 Å². The SMILES string of the molecule is CCSc1nnc(/N=N/c2ccc(/N=N/c3ccc(/N=N/c4ccc(N5CCCC5)s4)cc3C)cc2C)s1. The van der Waals surface area contributed by atoms with Gasteiger partial charge in [0, 0.05) is 13.1 Å². The molecule has 194 valence electrons. The van der Waals surface area contributed by atoms with E-state index in [0.29, 0.717) is 5.13 Å². The topological polar surface area (TPSA) is 103 Å². The van der Waals surface area contributed by atoms with Crippen molar-refractivity contribution in [3.05, 3.63) is 59.7 Å². The van der Waals surface area contributed by atoms with Crippen LogP contribution < -0.4 is 4.90 Å². The van der Waals surface area contributed by atoms with Gasteiger partial charge in [-0.05, 0) is 92.1 Å². The number of thioether (sulfide) groups is 1. The van der Waals surface area contributed by atoms with Crippen molar-refractivity contribution < 1.29 is 0 Å². The summed E-state index contributed by atoms with van der Waals surface area (Å²) in [5.74, 6) is 0.949. The smallest absolute Gasteiger partial charge is 0.252 e. The molecule has 9 nitrogen and oxygen atoms in total. The van der Waals surface area contributed by atoms with Crippen LogP contribution in [0.5, 0.6) is 0 Å². The molecular weight excluding hydrogens is 535 g/mol. The van der Waals surface area contributed by atoms with E-state index in [0.717, 1.165) is 62.1 Å². The van der Waals surface area contributed by atoms with Crippen LogP contribution in [0.2, 0.25) is 0 Å². The van der Waals surface area contributed by atoms with Crippen LogP contribution in [0.15, 0.2) is 83.6 Å². The Balaban J connectivity index is 1.21. The Morgan fingerprint density at radius 1 is 0.763 bits per heavy atom. The third-order valence-corrected chi connectivity index (χ3v) is 8.65. The zero-order valence-corrected chi connectivity index (χ0v) is 23.9. The molecule has 38 heavy (non-hydrogen) atoms. The number of hydrogen-bond donors (Lipinski definition) is 0. The highest BCUT2D eigenvalue weighted by atomic mass is 32.2. The summed E-state index contributed by atoms with van der Waals surface area (Å²) in [5.41, 5.74) is 5.01. The maximum absolute atomic E-state index is 4.44. The summed E-state index contributed by atoms with van der Waals surface area (Å²) in [7, 11) is 0. The summed E-state index contributed by atoms with van der Waals surface area (Å²) in [6.07, 6.45) is 2.53. The van der Waals surface area contributed by atoms with Crippen molar-refractivity contribution in [3.63, 3.8) is 0 Å². The van der Waals surface area contributed by atoms with E-state index >= 15 is 0 Å². The van der Waals surface area contributed by atoms with Crippen molar-refractivity contribution in [1.82, 2.24) is 10.2 Å². The van der Waals surface area contributed by atoms with Gasteiger partial charge in [-0.25, -0.2) is 0 Å². The number of anilines is 1. The minimum Gasteiger partial charge on any atom is -0.363 e. The van der Waals surface area contributed by atoms with E-state index in [1.807, 2.05) is 56.3 Å². The van der Waals surface area contributed by atoms with Crippen molar-refractivity contribution in [1.29, 1.82) is 0 Å². The molecule has 3 heterocycles. The molecule has 0 atom stereocenters. The van der Waals surface area contributed by atoms with Gasteiger partial charge in [0.1, 0.15) is 5.00 Å². The molecule has 1 fully saturated rings. The number of aromatic nitrogens is 2. The summed E-state index contributed by atoms with van der Waals surface area (Å²) < 4.78 is 0.898. The number of rotatable bonds is 9. The second-order valence-corrected chi connectivity index (χ2v) is 12.1. The van der Waals surface area contributed by atoms with Gasteiger partial charge in [-0.3, -0.25) is 0 Å². The lowest BCUT2D eigenvalue weighted by molar-refractivity contribution is 0.949. The molecule has 0 saturated carbocycles. The zero-order valence-electron chi connectivity index (χ0n) is 21.4. The molecule has 5 rings (SSSR count). The lowest BCUT2D eigenvalue weighted by Crippen LogP contribution is -2.15. The molecule has 0 bridgehead atoms. The Labute approximate surface area is 233 Å². The van der Waals surface area contributed by atoms with E-state index in [-0.39, 0.29) is 0 Å². The van der Waals surface area contributed by atoms with Crippen LogP contribution in [-0.2, 0) is 0 Å². The van der Waals surface area contributed by atoms with Crippen molar-refractivity contribution >= 4 is 72.3 Å². The Morgan fingerprint density at radius 2 is 1.42 bits per heavy atom. The summed E-state index contributed by atoms with van der Waals surface area (Å²) in [6.45, 7) is 8.31. The van der Waals surface area contributed by atoms with Crippen LogP contribution in [0.3, 0.4) is 0 Å². The van der Waals surface area contributed by atoms with E-state index in [1.54, 1.807) is 23.1 Å². The maximum atomic E-state index is 4.44. The number of aryl methyl sites for hydroxylation is 2. The van der Waals surface area contributed by atoms with Crippen molar-refractivity contribution in [2.75, 3.05) is 23.7 Å². The molecule has 1 saturated heterocycles. The Hall–Kier alpha value is -3.35. The lowest BCUT2D eigenvalue weighted by atomic mass is 10.2. The summed E-state index contributed by atoms with van der Waals surface area (Å²) in [6, 6.07) is 15.7. The van der Waals surface area contributed by atoms with Crippen molar-refractivity contribution in [3.8, 4) is 0 Å². The molecule has 0 unspecified atom stereocenters. The monoisotopic (exact) mass is 561 g/mol. The van der Waals surface area contributed by atoms with Gasteiger partial charge in [0.2, 0.25) is 0 Å². The Kier molecular flexibility index (Phi) is 8.61. The van der Waals surface area contributed by atoms with Gasteiger partial charge in [-0.1, -0.05) is 41.4 Å². The Bertz CT molecular complexity index is 1480. The molecule has 2 aromatic heterocycles.